The molecule has 2 N–H and O–H groups in total. The maximum absolute atomic E-state index is 13.6. The second-order valence-electron chi connectivity index (χ2n) is 6.01. The quantitative estimate of drug-likeness (QED) is 0.775. The number of para-hydroxylation sites is 1. The van der Waals surface area contributed by atoms with Gasteiger partial charge in [0.1, 0.15) is 23.7 Å². The van der Waals surface area contributed by atoms with E-state index in [0.717, 1.165) is 13.0 Å². The molecule has 3 rings (SSSR count). The van der Waals surface area contributed by atoms with E-state index >= 15 is 0 Å². The van der Waals surface area contributed by atoms with Gasteiger partial charge in [-0.25, -0.2) is 14.4 Å². The van der Waals surface area contributed by atoms with E-state index < -0.39 is 11.7 Å². The van der Waals surface area contributed by atoms with Crippen LogP contribution in [0.5, 0.6) is 0 Å². The van der Waals surface area contributed by atoms with Gasteiger partial charge in [0.2, 0.25) is 0 Å². The van der Waals surface area contributed by atoms with Gasteiger partial charge < -0.3 is 10.6 Å². The Morgan fingerprint density at radius 3 is 2.88 bits per heavy atom. The second kappa shape index (κ2) is 8.37. The fourth-order valence-corrected chi connectivity index (χ4v) is 2.81. The van der Waals surface area contributed by atoms with E-state index in [9.17, 15) is 9.18 Å². The lowest BCUT2D eigenvalue weighted by Crippen LogP contribution is -2.15. The summed E-state index contributed by atoms with van der Waals surface area (Å²) in [6.45, 7) is 0.761. The van der Waals surface area contributed by atoms with Crippen molar-refractivity contribution in [3.63, 3.8) is 0 Å². The van der Waals surface area contributed by atoms with Gasteiger partial charge in [-0.2, -0.15) is 0 Å². The molecule has 6 heteroatoms. The maximum atomic E-state index is 13.6. The molecule has 0 saturated heterocycles. The summed E-state index contributed by atoms with van der Waals surface area (Å²) in [6, 6.07) is 7.60. The first-order valence-electron chi connectivity index (χ1n) is 8.52. The average molecular weight is 340 g/mol. The Balaban J connectivity index is 1.58. The summed E-state index contributed by atoms with van der Waals surface area (Å²) in [5, 5.41) is 5.74. The van der Waals surface area contributed by atoms with Crippen molar-refractivity contribution in [2.75, 3.05) is 17.2 Å². The van der Waals surface area contributed by atoms with Gasteiger partial charge >= 0.3 is 0 Å². The highest BCUT2D eigenvalue weighted by Gasteiger charge is 2.11. The molecule has 0 saturated carbocycles. The minimum Gasteiger partial charge on any atom is -0.370 e. The predicted octanol–water partition coefficient (Wildman–Crippen LogP) is 4.17. The van der Waals surface area contributed by atoms with Crippen molar-refractivity contribution in [3.05, 3.63) is 59.8 Å². The molecule has 5 nitrogen and oxygen atoms in total. The van der Waals surface area contributed by atoms with Crippen LogP contribution in [0.15, 0.2) is 48.3 Å². The molecule has 0 fully saturated rings. The van der Waals surface area contributed by atoms with Crippen molar-refractivity contribution in [2.24, 2.45) is 0 Å². The molecule has 0 spiro atoms. The first-order valence-corrected chi connectivity index (χ1v) is 8.52. The van der Waals surface area contributed by atoms with Crippen LogP contribution in [0.2, 0.25) is 0 Å². The van der Waals surface area contributed by atoms with E-state index in [0.29, 0.717) is 5.82 Å². The van der Waals surface area contributed by atoms with E-state index in [-0.39, 0.29) is 11.4 Å². The largest absolute Gasteiger partial charge is 0.370 e. The Hall–Kier alpha value is -2.76. The van der Waals surface area contributed by atoms with Crippen LogP contribution >= 0.6 is 0 Å². The average Bonchev–Trinajstić information content (AvgIpc) is 2.65. The number of aromatic nitrogens is 2. The number of hydrogen-bond acceptors (Lipinski definition) is 4. The van der Waals surface area contributed by atoms with Crippen molar-refractivity contribution < 1.29 is 9.18 Å². The minimum atomic E-state index is -0.482. The van der Waals surface area contributed by atoms with Crippen molar-refractivity contribution in [1.82, 2.24) is 9.97 Å². The Morgan fingerprint density at radius 2 is 2.08 bits per heavy atom. The van der Waals surface area contributed by atoms with Crippen LogP contribution in [0.25, 0.3) is 0 Å². The number of amides is 1. The highest BCUT2D eigenvalue weighted by Crippen LogP contribution is 2.20. The lowest BCUT2D eigenvalue weighted by molar-refractivity contribution is 0.102. The lowest BCUT2D eigenvalue weighted by Gasteiger charge is -2.13. The summed E-state index contributed by atoms with van der Waals surface area (Å²) < 4.78 is 13.6. The number of nitrogens with zero attached hydrogens (tertiary/aromatic N) is 2. The smallest absolute Gasteiger partial charge is 0.274 e. The summed E-state index contributed by atoms with van der Waals surface area (Å²) in [6.07, 6.45) is 9.51. The molecular formula is C19H21FN4O. The van der Waals surface area contributed by atoms with Gasteiger partial charge in [0, 0.05) is 12.6 Å². The van der Waals surface area contributed by atoms with Crippen LogP contribution in [-0.4, -0.2) is 22.4 Å². The van der Waals surface area contributed by atoms with Crippen LogP contribution in [0.1, 0.15) is 42.6 Å². The number of benzene rings is 1. The topological polar surface area (TPSA) is 66.9 Å². The van der Waals surface area contributed by atoms with Gasteiger partial charge in [-0.1, -0.05) is 23.8 Å². The summed E-state index contributed by atoms with van der Waals surface area (Å²) in [4.78, 5) is 20.3. The number of allylic oxidation sites excluding steroid dienone is 1. The number of carbonyl (C=O) groups is 1. The molecule has 0 bridgehead atoms. The molecule has 0 atom stereocenters. The third-order valence-corrected chi connectivity index (χ3v) is 4.16. The minimum absolute atomic E-state index is 0.129. The fourth-order valence-electron chi connectivity index (χ4n) is 2.81. The molecule has 1 aromatic carbocycles. The summed E-state index contributed by atoms with van der Waals surface area (Å²) >= 11 is 0. The molecule has 1 aromatic heterocycles. The molecule has 1 amide bonds. The maximum Gasteiger partial charge on any atom is 0.274 e. The number of halogens is 1. The molecule has 0 unspecified atom stereocenters. The highest BCUT2D eigenvalue weighted by molar-refractivity contribution is 6.03. The van der Waals surface area contributed by atoms with Gasteiger partial charge in [0.15, 0.2) is 0 Å². The molecule has 0 radical (unpaired) electrons. The molecule has 2 aromatic rings. The normalized spacial score (nSPS) is 13.9. The zero-order valence-electron chi connectivity index (χ0n) is 14.0. The van der Waals surface area contributed by atoms with Crippen molar-refractivity contribution in [3.8, 4) is 0 Å². The summed E-state index contributed by atoms with van der Waals surface area (Å²) in [5.74, 6) is -0.361. The molecule has 0 aliphatic heterocycles. The molecule has 1 heterocycles. The fraction of sp³-hybridized carbons (Fsp3) is 0.316. The molecule has 130 valence electrons. The summed E-state index contributed by atoms with van der Waals surface area (Å²) in [5.41, 5.74) is 1.80. The molecular weight excluding hydrogens is 319 g/mol. The number of anilines is 2. The third-order valence-electron chi connectivity index (χ3n) is 4.16. The monoisotopic (exact) mass is 340 g/mol. The molecule has 1 aliphatic carbocycles. The zero-order valence-corrected chi connectivity index (χ0v) is 14.0. The van der Waals surface area contributed by atoms with Gasteiger partial charge in [-0.3, -0.25) is 4.79 Å². The Labute approximate surface area is 146 Å². The van der Waals surface area contributed by atoms with E-state index in [4.69, 9.17) is 0 Å². The first kappa shape index (κ1) is 17.1. The van der Waals surface area contributed by atoms with Crippen molar-refractivity contribution >= 4 is 17.4 Å². The van der Waals surface area contributed by atoms with Gasteiger partial charge in [0.25, 0.3) is 5.91 Å². The number of rotatable bonds is 6. The van der Waals surface area contributed by atoms with Crippen LogP contribution in [-0.2, 0) is 0 Å². The molecule has 25 heavy (non-hydrogen) atoms. The van der Waals surface area contributed by atoms with E-state index in [2.05, 4.69) is 26.7 Å². The second-order valence-corrected chi connectivity index (χ2v) is 6.01. The number of hydrogen-bond donors (Lipinski definition) is 2. The van der Waals surface area contributed by atoms with Crippen LogP contribution in [0.3, 0.4) is 0 Å². The standard InChI is InChI=1S/C19H21FN4O/c20-15-8-4-5-9-16(15)24-19(25)17-12-18(23-13-22-17)21-11-10-14-6-2-1-3-7-14/h4-6,8-9,12-13H,1-3,7,10-11H2,(H,24,25)(H,21,22,23). The van der Waals surface area contributed by atoms with E-state index in [1.54, 1.807) is 18.2 Å². The lowest BCUT2D eigenvalue weighted by atomic mass is 9.97. The highest BCUT2D eigenvalue weighted by atomic mass is 19.1. The van der Waals surface area contributed by atoms with Gasteiger partial charge in [-0.15, -0.1) is 0 Å². The Bertz CT molecular complexity index is 776. The van der Waals surface area contributed by atoms with Crippen molar-refractivity contribution in [2.45, 2.75) is 32.1 Å². The SMILES string of the molecule is O=C(Nc1ccccc1F)c1cc(NCCC2=CCCCC2)ncn1. The van der Waals surface area contributed by atoms with Crippen LogP contribution < -0.4 is 10.6 Å². The first-order chi connectivity index (χ1) is 12.2. The van der Waals surface area contributed by atoms with Crippen molar-refractivity contribution in [1.29, 1.82) is 0 Å². The summed E-state index contributed by atoms with van der Waals surface area (Å²) in [7, 11) is 0. The van der Waals surface area contributed by atoms with E-state index in [1.165, 1.54) is 49.7 Å². The third kappa shape index (κ3) is 4.86. The van der Waals surface area contributed by atoms with Crippen LogP contribution in [0, 0.1) is 5.82 Å². The zero-order chi connectivity index (χ0) is 17.5. The number of nitrogens with one attached hydrogen (secondary N) is 2. The molecule has 1 aliphatic rings. The van der Waals surface area contributed by atoms with Crippen LogP contribution in [0.4, 0.5) is 15.9 Å². The predicted molar refractivity (Wildman–Crippen MR) is 96.0 cm³/mol. The van der Waals surface area contributed by atoms with Gasteiger partial charge in [0.05, 0.1) is 5.69 Å². The van der Waals surface area contributed by atoms with E-state index in [1.807, 2.05) is 0 Å². The Morgan fingerprint density at radius 1 is 1.20 bits per heavy atom. The van der Waals surface area contributed by atoms with Gasteiger partial charge in [-0.05, 0) is 44.2 Å². The Kier molecular flexibility index (Phi) is 5.72. The number of carbonyl (C=O) groups excluding carboxylic acids is 1.